The predicted octanol–water partition coefficient (Wildman–Crippen LogP) is 3.01. The molecule has 1 saturated heterocycles. The van der Waals surface area contributed by atoms with Crippen LogP contribution in [0.5, 0.6) is 0 Å². The number of fused-ring (bicyclic) bond motifs is 3. The molecule has 1 heterocycles. The van der Waals surface area contributed by atoms with Crippen molar-refractivity contribution in [2.45, 2.75) is 37.3 Å². The molecule has 0 spiro atoms. The van der Waals surface area contributed by atoms with Crippen molar-refractivity contribution < 1.29 is 29.0 Å². The zero-order valence-corrected chi connectivity index (χ0v) is 19.3. The minimum Gasteiger partial charge on any atom is -0.480 e. The van der Waals surface area contributed by atoms with Gasteiger partial charge in [0.05, 0.1) is 6.10 Å². The van der Waals surface area contributed by atoms with Crippen molar-refractivity contribution >= 4 is 18.0 Å². The molecule has 8 nitrogen and oxygen atoms in total. The number of hydrogen-bond donors (Lipinski definition) is 2. The highest BCUT2D eigenvalue weighted by atomic mass is 16.5. The summed E-state index contributed by atoms with van der Waals surface area (Å²) in [6.45, 7) is 0.581. The van der Waals surface area contributed by atoms with Crippen molar-refractivity contribution in [2.24, 2.45) is 0 Å². The van der Waals surface area contributed by atoms with E-state index >= 15 is 0 Å². The van der Waals surface area contributed by atoms with Gasteiger partial charge in [0.1, 0.15) is 19.3 Å². The maximum Gasteiger partial charge on any atom is 0.407 e. The van der Waals surface area contributed by atoms with E-state index in [1.807, 2.05) is 36.4 Å². The Morgan fingerprint density at radius 3 is 2.23 bits per heavy atom. The van der Waals surface area contributed by atoms with Crippen molar-refractivity contribution in [2.75, 3.05) is 26.3 Å². The number of hydrogen-bond acceptors (Lipinski definition) is 5. The monoisotopic (exact) mass is 476 g/mol. The quantitative estimate of drug-likeness (QED) is 0.568. The topological polar surface area (TPSA) is 105 Å². The molecule has 0 aromatic heterocycles. The SMILES string of the molecule is C#CCC(NC(=O)OCC1c2ccccc2-c2ccccc21)C(=O)N1CCC(OCC(=O)O)CC1. The number of amides is 2. The number of carbonyl (C=O) groups excluding carboxylic acids is 2. The van der Waals surface area contributed by atoms with Crippen LogP contribution >= 0.6 is 0 Å². The fourth-order valence-corrected chi connectivity index (χ4v) is 4.75. The molecule has 0 radical (unpaired) electrons. The molecule has 2 aromatic rings. The Morgan fingerprint density at radius 1 is 1.06 bits per heavy atom. The number of carbonyl (C=O) groups is 3. The summed E-state index contributed by atoms with van der Waals surface area (Å²) in [5.74, 6) is 1.06. The van der Waals surface area contributed by atoms with E-state index in [1.54, 1.807) is 4.90 Å². The third-order valence-corrected chi connectivity index (χ3v) is 6.45. The Hall–Kier alpha value is -3.83. The lowest BCUT2D eigenvalue weighted by atomic mass is 9.98. The third kappa shape index (κ3) is 5.64. The molecule has 2 aliphatic rings. The summed E-state index contributed by atoms with van der Waals surface area (Å²) in [6.07, 6.45) is 5.63. The van der Waals surface area contributed by atoms with Crippen molar-refractivity contribution in [1.29, 1.82) is 0 Å². The molecule has 1 fully saturated rings. The molecule has 0 saturated carbocycles. The Balaban J connectivity index is 1.33. The van der Waals surface area contributed by atoms with Gasteiger partial charge in [-0.3, -0.25) is 4.79 Å². The van der Waals surface area contributed by atoms with Crippen molar-refractivity contribution in [3.05, 3.63) is 59.7 Å². The van der Waals surface area contributed by atoms with E-state index in [2.05, 4.69) is 23.4 Å². The van der Waals surface area contributed by atoms with Gasteiger partial charge in [-0.25, -0.2) is 9.59 Å². The Labute approximate surface area is 204 Å². The average molecular weight is 477 g/mol. The van der Waals surface area contributed by atoms with E-state index in [9.17, 15) is 14.4 Å². The number of alkyl carbamates (subject to hydrolysis) is 1. The first-order valence-corrected chi connectivity index (χ1v) is 11.6. The highest BCUT2D eigenvalue weighted by Gasteiger charge is 2.32. The highest BCUT2D eigenvalue weighted by molar-refractivity contribution is 5.86. The first-order chi connectivity index (χ1) is 17.0. The molecule has 0 bridgehead atoms. The van der Waals surface area contributed by atoms with E-state index in [-0.39, 0.29) is 37.6 Å². The van der Waals surface area contributed by atoms with E-state index in [1.165, 1.54) is 0 Å². The third-order valence-electron chi connectivity index (χ3n) is 6.45. The Kier molecular flexibility index (Phi) is 7.68. The van der Waals surface area contributed by atoms with E-state index < -0.39 is 18.1 Å². The van der Waals surface area contributed by atoms with Gasteiger partial charge in [-0.05, 0) is 35.1 Å². The number of carboxylic acid groups (broad SMARTS) is 1. The van der Waals surface area contributed by atoms with Gasteiger partial charge in [-0.2, -0.15) is 0 Å². The van der Waals surface area contributed by atoms with Gasteiger partial charge in [0.25, 0.3) is 0 Å². The average Bonchev–Trinajstić information content (AvgIpc) is 3.19. The van der Waals surface area contributed by atoms with E-state index in [0.717, 1.165) is 22.3 Å². The van der Waals surface area contributed by atoms with Gasteiger partial charge in [0, 0.05) is 25.4 Å². The van der Waals surface area contributed by atoms with Crippen LogP contribution < -0.4 is 5.32 Å². The maximum atomic E-state index is 13.0. The standard InChI is InChI=1S/C27H28N2O6/c1-2-7-24(26(32)29-14-12-18(13-15-29)34-17-25(30)31)28-27(33)35-16-23-21-10-5-3-8-19(21)20-9-4-6-11-22(20)23/h1,3-6,8-11,18,23-24H,7,12-17H2,(H,28,33)(H,30,31). The fraction of sp³-hybridized carbons (Fsp3) is 0.370. The molecule has 4 rings (SSSR count). The lowest BCUT2D eigenvalue weighted by molar-refractivity contribution is -0.147. The number of nitrogens with zero attached hydrogens (tertiary/aromatic N) is 1. The van der Waals surface area contributed by atoms with Crippen LogP contribution in [0.15, 0.2) is 48.5 Å². The first-order valence-electron chi connectivity index (χ1n) is 11.6. The van der Waals surface area contributed by atoms with Crippen LogP contribution in [0.4, 0.5) is 4.79 Å². The molecule has 8 heteroatoms. The number of rotatable bonds is 8. The molecule has 1 unspecified atom stereocenters. The number of likely N-dealkylation sites (tertiary alicyclic amines) is 1. The minimum absolute atomic E-state index is 0.0402. The molecule has 2 N–H and O–H groups in total. The largest absolute Gasteiger partial charge is 0.480 e. The van der Waals surface area contributed by atoms with E-state index in [0.29, 0.717) is 25.9 Å². The van der Waals surface area contributed by atoms with Gasteiger partial charge in [0.15, 0.2) is 0 Å². The van der Waals surface area contributed by atoms with Crippen LogP contribution in [0.1, 0.15) is 36.3 Å². The predicted molar refractivity (Wildman–Crippen MR) is 129 cm³/mol. The maximum absolute atomic E-state index is 13.0. The molecular weight excluding hydrogens is 448 g/mol. The van der Waals surface area contributed by atoms with Crippen molar-refractivity contribution in [3.8, 4) is 23.5 Å². The number of piperidine rings is 1. The number of nitrogens with one attached hydrogen (secondary N) is 1. The first kappa shape index (κ1) is 24.3. The molecule has 1 aliphatic carbocycles. The zero-order chi connectivity index (χ0) is 24.8. The molecule has 1 aliphatic heterocycles. The minimum atomic E-state index is -1.02. The molecule has 2 aromatic carbocycles. The lowest BCUT2D eigenvalue weighted by Gasteiger charge is -2.33. The molecule has 2 amide bonds. The number of benzene rings is 2. The number of carboxylic acids is 1. The van der Waals surface area contributed by atoms with Crippen LogP contribution in [0.3, 0.4) is 0 Å². The van der Waals surface area contributed by atoms with Crippen LogP contribution in [0.2, 0.25) is 0 Å². The lowest BCUT2D eigenvalue weighted by Crippen LogP contribution is -2.51. The summed E-state index contributed by atoms with van der Waals surface area (Å²) in [6, 6.07) is 15.2. The number of aliphatic carboxylic acids is 1. The summed E-state index contributed by atoms with van der Waals surface area (Å²) in [5.41, 5.74) is 4.47. The Bertz CT molecular complexity index is 1090. The second-order valence-electron chi connectivity index (χ2n) is 8.66. The van der Waals surface area contributed by atoms with E-state index in [4.69, 9.17) is 21.0 Å². The van der Waals surface area contributed by atoms with Gasteiger partial charge >= 0.3 is 12.1 Å². The van der Waals surface area contributed by atoms with Crippen LogP contribution in [0.25, 0.3) is 11.1 Å². The van der Waals surface area contributed by atoms with Crippen LogP contribution in [0, 0.1) is 12.3 Å². The molecule has 182 valence electrons. The van der Waals surface area contributed by atoms with Gasteiger partial charge in [-0.15, -0.1) is 12.3 Å². The second kappa shape index (κ2) is 11.1. The number of terminal acetylenes is 1. The summed E-state index contributed by atoms with van der Waals surface area (Å²) < 4.78 is 10.9. The summed E-state index contributed by atoms with van der Waals surface area (Å²) in [5, 5.41) is 11.4. The van der Waals surface area contributed by atoms with Crippen LogP contribution in [-0.2, 0) is 19.1 Å². The normalized spacial score (nSPS) is 16.0. The smallest absolute Gasteiger partial charge is 0.407 e. The van der Waals surface area contributed by atoms with Gasteiger partial charge in [0.2, 0.25) is 5.91 Å². The molecule has 1 atom stereocenters. The zero-order valence-electron chi connectivity index (χ0n) is 19.3. The van der Waals surface area contributed by atoms with Crippen molar-refractivity contribution in [3.63, 3.8) is 0 Å². The summed E-state index contributed by atoms with van der Waals surface area (Å²) in [7, 11) is 0. The van der Waals surface area contributed by atoms with Gasteiger partial charge < -0.3 is 24.8 Å². The fourth-order valence-electron chi connectivity index (χ4n) is 4.75. The molecule has 35 heavy (non-hydrogen) atoms. The number of ether oxygens (including phenoxy) is 2. The highest BCUT2D eigenvalue weighted by Crippen LogP contribution is 2.44. The molecular formula is C27H28N2O6. The summed E-state index contributed by atoms with van der Waals surface area (Å²) >= 11 is 0. The second-order valence-corrected chi connectivity index (χ2v) is 8.66. The Morgan fingerprint density at radius 2 is 1.66 bits per heavy atom. The van der Waals surface area contributed by atoms with Gasteiger partial charge in [-0.1, -0.05) is 48.5 Å². The summed E-state index contributed by atoms with van der Waals surface area (Å²) in [4.78, 5) is 38.0. The van der Waals surface area contributed by atoms with Crippen molar-refractivity contribution in [1.82, 2.24) is 10.2 Å². The van der Waals surface area contributed by atoms with Crippen LogP contribution in [-0.4, -0.2) is 66.4 Å².